The van der Waals surface area contributed by atoms with Crippen LogP contribution in [0.3, 0.4) is 0 Å². The van der Waals surface area contributed by atoms with Crippen molar-refractivity contribution in [3.05, 3.63) is 128 Å². The molecule has 16 N–H and O–H groups in total. The zero-order valence-corrected chi connectivity index (χ0v) is 58.6. The number of hydrogen-bond donors (Lipinski definition) is 14. The van der Waals surface area contributed by atoms with Crippen molar-refractivity contribution in [2.45, 2.75) is 184 Å². The number of aryl methyl sites for hydroxylation is 1. The lowest BCUT2D eigenvalue weighted by Crippen LogP contribution is -2.62. The number of carbonyl (C=O) groups is 8. The van der Waals surface area contributed by atoms with E-state index in [4.69, 9.17) is 58.4 Å². The number of aromatic hydroxyl groups is 2. The molecule has 6 aliphatic heterocycles. The number of benzene rings is 5. The fraction of sp³-hybridized carbons (Fsp3) is 0.479. The van der Waals surface area contributed by atoms with Crippen LogP contribution in [0.15, 0.2) is 78.9 Å². The summed E-state index contributed by atoms with van der Waals surface area (Å²) < 4.78 is 32.7. The number of Topliss-reactive ketones (excluding diaryl/α,β-unsaturated/α-hetero) is 4. The van der Waals surface area contributed by atoms with E-state index in [1.165, 1.54) is 78.9 Å². The minimum atomic E-state index is -1.95. The molecule has 548 valence electrons. The number of ketones is 4. The van der Waals surface area contributed by atoms with Crippen molar-refractivity contribution in [2.75, 3.05) is 13.7 Å². The van der Waals surface area contributed by atoms with E-state index in [2.05, 4.69) is 21.3 Å². The SMILES string of the molecule is CN[C@H](CC(C)C)C(=O)C[C@H]1C(=O)N[C@@H](CC(N)=O)C(=O)C[C@H]2C(=O)N[C@H]3C(=O)C[C@H](C(=O)N[C@H](C(C)=O)c4cc(O)cc(C)c4-c4cc3ccc4O)[C@H](O)c3ccc(c(Cl)c3)Oc3cc2cc(c3CO[C@@H]2C[C@H](CO)[C@@H](O)[C@H](O)C2OC2C[C@](C)(N)[C@H](O)[C@H](C)O2)Oc2ccc(cc2Cl)[C@H]1O. The van der Waals surface area contributed by atoms with Crippen LogP contribution >= 0.6 is 23.2 Å². The van der Waals surface area contributed by atoms with Crippen LogP contribution in [0.5, 0.6) is 34.5 Å². The zero-order chi connectivity index (χ0) is 74.2. The third-order valence-electron chi connectivity index (χ3n) is 19.9. The predicted molar refractivity (Wildman–Crippen MR) is 367 cm³/mol. The second-order valence-corrected chi connectivity index (χ2v) is 28.8. The Bertz CT molecular complexity index is 4080. The van der Waals surface area contributed by atoms with Crippen molar-refractivity contribution in [3.8, 4) is 45.6 Å². The highest BCUT2D eigenvalue weighted by atomic mass is 35.5. The van der Waals surface area contributed by atoms with Gasteiger partial charge < -0.3 is 97.3 Å². The number of rotatable bonds is 15. The molecule has 1 saturated heterocycles. The van der Waals surface area contributed by atoms with E-state index in [1.807, 2.05) is 13.8 Å². The van der Waals surface area contributed by atoms with Crippen molar-refractivity contribution in [2.24, 2.45) is 35.1 Å². The maximum Gasteiger partial charge on any atom is 0.228 e. The fourth-order valence-corrected chi connectivity index (χ4v) is 14.8. The van der Waals surface area contributed by atoms with Gasteiger partial charge in [-0.1, -0.05) is 55.2 Å². The smallest absolute Gasteiger partial charge is 0.228 e. The van der Waals surface area contributed by atoms with Crippen LogP contribution in [0.4, 0.5) is 0 Å². The third-order valence-corrected chi connectivity index (χ3v) is 20.5. The average Bonchev–Trinajstić information content (AvgIpc) is 0.768. The molecule has 0 aromatic heterocycles. The first kappa shape index (κ1) is 76.6. The van der Waals surface area contributed by atoms with Gasteiger partial charge in [0.15, 0.2) is 29.4 Å². The number of amides is 4. The summed E-state index contributed by atoms with van der Waals surface area (Å²) in [4.78, 5) is 119. The average molecular weight is 1450 g/mol. The highest BCUT2D eigenvalue weighted by Gasteiger charge is 2.50. The maximum absolute atomic E-state index is 16.2. The summed E-state index contributed by atoms with van der Waals surface area (Å²) in [5, 5.41) is 103. The Balaban J connectivity index is 1.21. The van der Waals surface area contributed by atoms with Gasteiger partial charge in [0.1, 0.15) is 58.8 Å². The summed E-state index contributed by atoms with van der Waals surface area (Å²) in [6.07, 6.45) is -16.4. The van der Waals surface area contributed by atoms with Gasteiger partial charge in [-0.3, -0.25) is 38.4 Å². The molecule has 4 amide bonds. The number of ether oxygens (including phenoxy) is 5. The molecule has 5 aromatic rings. The highest BCUT2D eigenvalue weighted by molar-refractivity contribution is 6.32. The van der Waals surface area contributed by atoms with Crippen LogP contribution in [-0.2, 0) is 59.2 Å². The van der Waals surface area contributed by atoms with Gasteiger partial charge in [-0.15, -0.1) is 0 Å². The molecule has 1 saturated carbocycles. The van der Waals surface area contributed by atoms with Crippen molar-refractivity contribution >= 4 is 70.0 Å². The second-order valence-electron chi connectivity index (χ2n) is 28.0. The number of phenolic OH excluding ortho intramolecular Hbond substituents is 2. The van der Waals surface area contributed by atoms with Crippen LogP contribution in [0.1, 0.15) is 149 Å². The topological polar surface area (TPSA) is 445 Å². The molecule has 0 spiro atoms. The number of nitrogens with two attached hydrogens (primary N) is 2. The van der Waals surface area contributed by atoms with Crippen LogP contribution in [0.25, 0.3) is 11.1 Å². The minimum absolute atomic E-state index is 0.00135. The Hall–Kier alpha value is -8.00. The number of phenols is 2. The Morgan fingerprint density at radius 1 is 0.765 bits per heavy atom. The summed E-state index contributed by atoms with van der Waals surface area (Å²) in [6.45, 7) is 8.36. The predicted octanol–water partition coefficient (Wildman–Crippen LogP) is 5.08. The van der Waals surface area contributed by atoms with Gasteiger partial charge in [0.05, 0.1) is 95.1 Å². The lowest BCUT2D eigenvalue weighted by molar-refractivity contribution is -0.293. The molecule has 12 rings (SSSR count). The van der Waals surface area contributed by atoms with Crippen LogP contribution < -0.4 is 42.2 Å². The van der Waals surface area contributed by atoms with Crippen molar-refractivity contribution < 1.29 is 103 Å². The normalized spacial score (nSPS) is 29.5. The largest absolute Gasteiger partial charge is 0.508 e. The fourth-order valence-electron chi connectivity index (χ4n) is 14.3. The number of primary amides is 1. The Kier molecular flexibility index (Phi) is 23.7. The number of carbonyl (C=O) groups excluding carboxylic acids is 8. The number of nitrogens with one attached hydrogen (secondary N) is 4. The van der Waals surface area contributed by atoms with Crippen LogP contribution in [0.2, 0.25) is 10.0 Å². The first-order valence-electron chi connectivity index (χ1n) is 33.6. The molecule has 2 fully saturated rings. The van der Waals surface area contributed by atoms with Gasteiger partial charge >= 0.3 is 0 Å². The van der Waals surface area contributed by atoms with Crippen molar-refractivity contribution in [1.29, 1.82) is 0 Å². The molecule has 18 atom stereocenters. The van der Waals surface area contributed by atoms with Gasteiger partial charge in [0, 0.05) is 49.3 Å². The quantitative estimate of drug-likeness (QED) is 0.0649. The summed E-state index contributed by atoms with van der Waals surface area (Å²) in [5.74, 6) is -15.7. The molecule has 2 unspecified atom stereocenters. The first-order chi connectivity index (χ1) is 48.2. The standard InChI is InChI=1S/C73H86Cl2N6O21/c1-30(2)14-48(78-7)51(86)24-43-64(90)35-9-12-54(46(74)17-35)100-56-19-37-20-57(45(56)29-98-58-21-38(28-82)66(92)67(93)68(58)102-60-27-73(6,77)69(94)33(5)99-60)101-55-13-10-36(18-47(55)75)65(91)44-25-53(88)63(81-70(95)40(37)23-52(87)49(26-59(76)89)79-71(43)96)34-8-11-50(85)41(16-34)61-31(3)15-39(84)22-42(61)62(32(4)83)80-72(44)97/h8-13,15-20,22,30,33,38,40,43-44,48-49,58,60,62-69,78,82,84-85,90-94H,14,21,23-29,77H2,1-7H3,(H2,76,89)(H,79,96)(H,80,97)(H,81,95)/t33-,38+,40+,43+,44-,48+,49-,58+,60?,62+,63+,64+,65+,66+,67-,68?,69+,73-/m0/s1. The molecule has 29 heteroatoms. The lowest BCUT2D eigenvalue weighted by atomic mass is 9.80. The molecule has 0 radical (unpaired) electrons. The minimum Gasteiger partial charge on any atom is -0.508 e. The number of aliphatic hydroxyl groups excluding tert-OH is 6. The molecule has 6 heterocycles. The third kappa shape index (κ3) is 16.5. The van der Waals surface area contributed by atoms with E-state index in [1.54, 1.807) is 27.8 Å². The van der Waals surface area contributed by atoms with Gasteiger partial charge in [0.2, 0.25) is 23.6 Å². The molecule has 1 aliphatic carbocycles. The van der Waals surface area contributed by atoms with Crippen LogP contribution in [0, 0.1) is 30.6 Å². The van der Waals surface area contributed by atoms with Gasteiger partial charge in [0.25, 0.3) is 0 Å². The van der Waals surface area contributed by atoms with E-state index in [-0.39, 0.29) is 108 Å². The van der Waals surface area contributed by atoms with E-state index in [0.29, 0.717) is 6.42 Å². The molecule has 5 aromatic carbocycles. The summed E-state index contributed by atoms with van der Waals surface area (Å²) in [5.41, 5.74) is 11.1. The molecule has 27 nitrogen and oxygen atoms in total. The second kappa shape index (κ2) is 31.5. The number of aliphatic hydroxyl groups is 6. The zero-order valence-electron chi connectivity index (χ0n) is 57.1. The summed E-state index contributed by atoms with van der Waals surface area (Å²) in [6, 6.07) is 10.7. The monoisotopic (exact) mass is 1450 g/mol. The van der Waals surface area contributed by atoms with Gasteiger partial charge in [-0.2, -0.15) is 0 Å². The van der Waals surface area contributed by atoms with Crippen molar-refractivity contribution in [1.82, 2.24) is 21.3 Å². The number of hydrogen-bond acceptors (Lipinski definition) is 23. The van der Waals surface area contributed by atoms with E-state index in [0.717, 1.165) is 6.92 Å². The van der Waals surface area contributed by atoms with Gasteiger partial charge in [-0.05, 0) is 153 Å². The van der Waals surface area contributed by atoms with Crippen LogP contribution in [-0.4, -0.2) is 162 Å². The molecular weight excluding hydrogens is 1370 g/mol. The first-order valence-corrected chi connectivity index (χ1v) is 34.4. The van der Waals surface area contributed by atoms with E-state index < -0.39 is 200 Å². The summed E-state index contributed by atoms with van der Waals surface area (Å²) in [7, 11) is 1.55. The molecule has 7 aliphatic rings. The Labute approximate surface area is 597 Å². The van der Waals surface area contributed by atoms with Crippen molar-refractivity contribution in [3.63, 3.8) is 0 Å². The van der Waals surface area contributed by atoms with E-state index >= 15 is 19.2 Å². The van der Waals surface area contributed by atoms with Gasteiger partial charge in [-0.25, -0.2) is 0 Å². The lowest BCUT2D eigenvalue weighted by Gasteiger charge is -2.47. The molecule has 102 heavy (non-hydrogen) atoms. The molecule has 11 bridgehead atoms. The Morgan fingerprint density at radius 3 is 1.99 bits per heavy atom. The Morgan fingerprint density at radius 2 is 1.40 bits per heavy atom. The number of fused-ring (bicyclic) bond motifs is 15. The number of likely N-dealkylation sites (N-methyl/N-ethyl adjacent to an activating group) is 1. The number of halogens is 2. The van der Waals surface area contributed by atoms with E-state index in [9.17, 15) is 60.0 Å². The summed E-state index contributed by atoms with van der Waals surface area (Å²) >= 11 is 14.3. The molecular formula is C73H86Cl2N6O21. The highest BCUT2D eigenvalue weighted by Crippen LogP contribution is 2.48. The maximum atomic E-state index is 16.2.